The van der Waals surface area contributed by atoms with Crippen LogP contribution in [0.4, 0.5) is 0 Å². The Hall–Kier alpha value is -0.870. The summed E-state index contributed by atoms with van der Waals surface area (Å²) in [5.41, 5.74) is 2.79. The van der Waals surface area contributed by atoms with Gasteiger partial charge in [0.1, 0.15) is 0 Å². The Morgan fingerprint density at radius 1 is 1.39 bits per heavy atom. The molecule has 1 aromatic heterocycles. The minimum atomic E-state index is 0.230. The third-order valence-corrected chi connectivity index (χ3v) is 3.90. The number of hydrogen-bond donors (Lipinski definition) is 1. The van der Waals surface area contributed by atoms with Gasteiger partial charge in [-0.15, -0.1) is 0 Å². The lowest BCUT2D eigenvalue weighted by molar-refractivity contribution is 0.0798. The van der Waals surface area contributed by atoms with Crippen LogP contribution in [0.2, 0.25) is 0 Å². The second kappa shape index (κ2) is 5.41. The van der Waals surface area contributed by atoms with Crippen molar-refractivity contribution in [3.63, 3.8) is 0 Å². The smallest absolute Gasteiger partial charge is 0.0625 e. The SMILES string of the molecule is CCc1cc(CN2CCNCC2(C)C)n(CC)n1. The molecule has 4 nitrogen and oxygen atoms in total. The zero-order chi connectivity index (χ0) is 13.2. The average molecular weight is 250 g/mol. The molecule has 0 aliphatic carbocycles. The Bertz CT molecular complexity index is 394. The number of rotatable bonds is 4. The number of nitrogens with one attached hydrogen (secondary N) is 1. The van der Waals surface area contributed by atoms with Crippen LogP contribution < -0.4 is 5.32 Å². The van der Waals surface area contributed by atoms with E-state index in [2.05, 4.69) is 53.8 Å². The van der Waals surface area contributed by atoms with Gasteiger partial charge in [-0.3, -0.25) is 9.58 Å². The predicted octanol–water partition coefficient (Wildman–Crippen LogP) is 1.65. The van der Waals surface area contributed by atoms with Crippen LogP contribution in [0, 0.1) is 0 Å². The van der Waals surface area contributed by atoms with E-state index in [0.29, 0.717) is 0 Å². The third-order valence-electron chi connectivity index (χ3n) is 3.90. The van der Waals surface area contributed by atoms with Crippen LogP contribution in [0.5, 0.6) is 0 Å². The van der Waals surface area contributed by atoms with Gasteiger partial charge in [0, 0.05) is 38.3 Å². The molecule has 2 heterocycles. The second-order valence-corrected chi connectivity index (χ2v) is 5.71. The van der Waals surface area contributed by atoms with Crippen LogP contribution in [0.25, 0.3) is 0 Å². The molecule has 0 aromatic carbocycles. The van der Waals surface area contributed by atoms with E-state index in [-0.39, 0.29) is 5.54 Å². The molecule has 0 amide bonds. The molecule has 1 N–H and O–H groups in total. The summed E-state index contributed by atoms with van der Waals surface area (Å²) in [6.45, 7) is 14.2. The molecule has 1 aliphatic heterocycles. The minimum Gasteiger partial charge on any atom is -0.314 e. The average Bonchev–Trinajstić information content (AvgIpc) is 2.74. The Morgan fingerprint density at radius 3 is 2.78 bits per heavy atom. The van der Waals surface area contributed by atoms with E-state index in [4.69, 9.17) is 0 Å². The highest BCUT2D eigenvalue weighted by Crippen LogP contribution is 2.20. The molecule has 0 atom stereocenters. The predicted molar refractivity (Wildman–Crippen MR) is 74.6 cm³/mol. The van der Waals surface area contributed by atoms with Crippen molar-refractivity contribution in [2.45, 2.75) is 52.7 Å². The van der Waals surface area contributed by atoms with Gasteiger partial charge in [0.05, 0.1) is 11.4 Å². The molecular formula is C14H26N4. The van der Waals surface area contributed by atoms with Crippen molar-refractivity contribution in [2.24, 2.45) is 0 Å². The number of hydrogen-bond acceptors (Lipinski definition) is 3. The van der Waals surface area contributed by atoms with Crippen molar-refractivity contribution in [3.8, 4) is 0 Å². The maximum Gasteiger partial charge on any atom is 0.0625 e. The van der Waals surface area contributed by atoms with Gasteiger partial charge in [-0.25, -0.2) is 0 Å². The maximum atomic E-state index is 4.63. The number of aromatic nitrogens is 2. The lowest BCUT2D eigenvalue weighted by Crippen LogP contribution is -2.57. The van der Waals surface area contributed by atoms with Crippen molar-refractivity contribution in [1.29, 1.82) is 0 Å². The highest BCUT2D eigenvalue weighted by molar-refractivity contribution is 5.11. The monoisotopic (exact) mass is 250 g/mol. The van der Waals surface area contributed by atoms with Gasteiger partial charge in [0.2, 0.25) is 0 Å². The molecule has 18 heavy (non-hydrogen) atoms. The molecule has 2 rings (SSSR count). The van der Waals surface area contributed by atoms with E-state index in [9.17, 15) is 0 Å². The zero-order valence-electron chi connectivity index (χ0n) is 12.2. The van der Waals surface area contributed by atoms with Gasteiger partial charge < -0.3 is 5.32 Å². The van der Waals surface area contributed by atoms with E-state index < -0.39 is 0 Å². The van der Waals surface area contributed by atoms with Crippen molar-refractivity contribution in [3.05, 3.63) is 17.5 Å². The molecular weight excluding hydrogens is 224 g/mol. The van der Waals surface area contributed by atoms with Gasteiger partial charge in [-0.2, -0.15) is 5.10 Å². The summed E-state index contributed by atoms with van der Waals surface area (Å²) >= 11 is 0. The van der Waals surface area contributed by atoms with Crippen molar-refractivity contribution >= 4 is 0 Å². The van der Waals surface area contributed by atoms with Gasteiger partial charge in [0.25, 0.3) is 0 Å². The van der Waals surface area contributed by atoms with Crippen LogP contribution >= 0.6 is 0 Å². The zero-order valence-corrected chi connectivity index (χ0v) is 12.2. The quantitative estimate of drug-likeness (QED) is 0.882. The lowest BCUT2D eigenvalue weighted by atomic mass is 10.00. The van der Waals surface area contributed by atoms with Crippen LogP contribution in [-0.4, -0.2) is 39.9 Å². The molecule has 102 valence electrons. The summed E-state index contributed by atoms with van der Waals surface area (Å²) < 4.78 is 2.15. The molecule has 4 heteroatoms. The number of nitrogens with zero attached hydrogens (tertiary/aromatic N) is 3. The highest BCUT2D eigenvalue weighted by atomic mass is 15.3. The molecule has 1 saturated heterocycles. The Morgan fingerprint density at radius 2 is 2.17 bits per heavy atom. The normalized spacial score (nSPS) is 20.2. The van der Waals surface area contributed by atoms with Gasteiger partial charge in [-0.05, 0) is 33.3 Å². The van der Waals surface area contributed by atoms with Crippen molar-refractivity contribution < 1.29 is 0 Å². The third kappa shape index (κ3) is 2.75. The fraction of sp³-hybridized carbons (Fsp3) is 0.786. The first-order valence-electron chi connectivity index (χ1n) is 7.08. The molecule has 1 aromatic rings. The lowest BCUT2D eigenvalue weighted by Gasteiger charge is -2.42. The molecule has 0 spiro atoms. The van der Waals surface area contributed by atoms with Crippen LogP contribution in [0.3, 0.4) is 0 Å². The van der Waals surface area contributed by atoms with E-state index in [0.717, 1.165) is 39.1 Å². The highest BCUT2D eigenvalue weighted by Gasteiger charge is 2.30. The van der Waals surface area contributed by atoms with Gasteiger partial charge in [0.15, 0.2) is 0 Å². The van der Waals surface area contributed by atoms with Crippen molar-refractivity contribution in [2.75, 3.05) is 19.6 Å². The Balaban J connectivity index is 2.14. The first-order valence-corrected chi connectivity index (χ1v) is 7.08. The molecule has 0 unspecified atom stereocenters. The molecule has 0 radical (unpaired) electrons. The van der Waals surface area contributed by atoms with E-state index in [1.54, 1.807) is 0 Å². The number of aryl methyl sites for hydroxylation is 2. The fourth-order valence-electron chi connectivity index (χ4n) is 2.60. The van der Waals surface area contributed by atoms with E-state index in [1.807, 2.05) is 0 Å². The van der Waals surface area contributed by atoms with E-state index in [1.165, 1.54) is 11.4 Å². The maximum absolute atomic E-state index is 4.63. The van der Waals surface area contributed by atoms with Crippen LogP contribution in [0.15, 0.2) is 6.07 Å². The molecule has 1 fully saturated rings. The van der Waals surface area contributed by atoms with Crippen LogP contribution in [-0.2, 0) is 19.5 Å². The Labute approximate surface area is 110 Å². The minimum absolute atomic E-state index is 0.230. The summed E-state index contributed by atoms with van der Waals surface area (Å²) in [4.78, 5) is 2.56. The summed E-state index contributed by atoms with van der Waals surface area (Å²) in [7, 11) is 0. The van der Waals surface area contributed by atoms with Gasteiger partial charge in [-0.1, -0.05) is 6.92 Å². The standard InChI is InChI=1S/C14H26N4/c1-5-12-9-13(18(6-2)16-12)10-17-8-7-15-11-14(17,3)4/h9,15H,5-8,10-11H2,1-4H3. The summed E-state index contributed by atoms with van der Waals surface area (Å²) in [6.07, 6.45) is 1.02. The first-order chi connectivity index (χ1) is 8.56. The Kier molecular flexibility index (Phi) is 4.07. The molecule has 0 saturated carbocycles. The molecule has 1 aliphatic rings. The molecule has 0 bridgehead atoms. The number of piperazine rings is 1. The summed E-state index contributed by atoms with van der Waals surface area (Å²) in [5, 5.41) is 8.11. The summed E-state index contributed by atoms with van der Waals surface area (Å²) in [5.74, 6) is 0. The van der Waals surface area contributed by atoms with Gasteiger partial charge >= 0.3 is 0 Å². The van der Waals surface area contributed by atoms with Crippen molar-refractivity contribution in [1.82, 2.24) is 20.0 Å². The summed E-state index contributed by atoms with van der Waals surface area (Å²) in [6, 6.07) is 2.27. The first kappa shape index (κ1) is 13.6. The second-order valence-electron chi connectivity index (χ2n) is 5.71. The largest absolute Gasteiger partial charge is 0.314 e. The topological polar surface area (TPSA) is 33.1 Å². The van der Waals surface area contributed by atoms with Crippen LogP contribution in [0.1, 0.15) is 39.1 Å². The fourth-order valence-corrected chi connectivity index (χ4v) is 2.60. The van der Waals surface area contributed by atoms with E-state index >= 15 is 0 Å².